The molecule has 0 aromatic carbocycles. The summed E-state index contributed by atoms with van der Waals surface area (Å²) in [6, 6.07) is 0. The van der Waals surface area contributed by atoms with Crippen LogP contribution in [0.4, 0.5) is 0 Å². The van der Waals surface area contributed by atoms with Crippen LogP contribution in [0.1, 0.15) is 40.0 Å². The van der Waals surface area contributed by atoms with E-state index >= 15 is 0 Å². The third kappa shape index (κ3) is 1.52. The van der Waals surface area contributed by atoms with Gasteiger partial charge in [-0.25, -0.2) is 4.79 Å². The van der Waals surface area contributed by atoms with E-state index in [1.54, 1.807) is 0 Å². The van der Waals surface area contributed by atoms with E-state index in [0.717, 1.165) is 24.8 Å². The summed E-state index contributed by atoms with van der Waals surface area (Å²) >= 11 is 0. The van der Waals surface area contributed by atoms with Gasteiger partial charge in [-0.1, -0.05) is 13.8 Å². The summed E-state index contributed by atoms with van der Waals surface area (Å²) < 4.78 is 11.8. The molecule has 3 fully saturated rings. The van der Waals surface area contributed by atoms with Gasteiger partial charge in [-0.2, -0.15) is 0 Å². The molecular weight excluding hydrogens is 256 g/mol. The topological polar surface area (TPSA) is 62.4 Å². The second kappa shape index (κ2) is 3.86. The monoisotopic (exact) mass is 278 g/mol. The van der Waals surface area contributed by atoms with E-state index in [4.69, 9.17) is 9.47 Å². The summed E-state index contributed by atoms with van der Waals surface area (Å²) in [5, 5.41) is 9.52. The molecule has 7 atom stereocenters. The number of rotatable bonds is 2. The van der Waals surface area contributed by atoms with Crippen molar-refractivity contribution in [2.45, 2.75) is 63.9 Å². The van der Waals surface area contributed by atoms with E-state index in [-0.39, 0.29) is 17.6 Å². The van der Waals surface area contributed by atoms with Gasteiger partial charge in [-0.05, 0) is 49.5 Å². The van der Waals surface area contributed by atoms with Crippen molar-refractivity contribution in [2.24, 2.45) is 17.8 Å². The molecule has 0 bridgehead atoms. The first-order valence-electron chi connectivity index (χ1n) is 7.73. The molecule has 7 unspecified atom stereocenters. The van der Waals surface area contributed by atoms with Gasteiger partial charge >= 0.3 is 5.97 Å². The molecule has 4 heteroatoms. The minimum atomic E-state index is -0.771. The van der Waals surface area contributed by atoms with Gasteiger partial charge in [0.1, 0.15) is 5.60 Å². The Morgan fingerprint density at radius 3 is 2.65 bits per heavy atom. The maximum absolute atomic E-state index is 11.6. The molecule has 1 N–H and O–H groups in total. The zero-order chi connectivity index (χ0) is 14.2. The third-order valence-electron chi connectivity index (χ3n) is 6.06. The standard InChI is InChI=1S/C16H22O4/c1-7-4-11-12(19-11)6-10(7)16-9(3)14(15(17)18)8(2)5-13(16)20-16/h7-8,10-13H,4-6H2,1-3H3,(H,17,18). The summed E-state index contributed by atoms with van der Waals surface area (Å²) in [6.45, 7) is 6.25. The smallest absolute Gasteiger partial charge is 0.331 e. The Labute approximate surface area is 119 Å². The minimum Gasteiger partial charge on any atom is -0.478 e. The first kappa shape index (κ1) is 12.8. The van der Waals surface area contributed by atoms with E-state index in [1.807, 2.05) is 13.8 Å². The average molecular weight is 278 g/mol. The van der Waals surface area contributed by atoms with E-state index in [1.165, 1.54) is 0 Å². The Kier molecular flexibility index (Phi) is 2.48. The number of hydrogen-bond acceptors (Lipinski definition) is 3. The molecule has 0 radical (unpaired) electrons. The second-order valence-electron chi connectivity index (χ2n) is 7.15. The second-order valence-corrected chi connectivity index (χ2v) is 7.15. The molecule has 0 aromatic rings. The number of carbonyl (C=O) groups is 1. The van der Waals surface area contributed by atoms with Crippen molar-refractivity contribution in [1.82, 2.24) is 0 Å². The van der Waals surface area contributed by atoms with Crippen LogP contribution in [0, 0.1) is 17.8 Å². The fraction of sp³-hybridized carbons (Fsp3) is 0.812. The molecule has 20 heavy (non-hydrogen) atoms. The van der Waals surface area contributed by atoms with Gasteiger partial charge in [0.05, 0.1) is 18.3 Å². The van der Waals surface area contributed by atoms with Crippen molar-refractivity contribution >= 4 is 5.97 Å². The number of aliphatic carboxylic acids is 1. The largest absolute Gasteiger partial charge is 0.478 e. The number of carboxylic acids is 1. The minimum absolute atomic E-state index is 0.0944. The van der Waals surface area contributed by atoms with E-state index < -0.39 is 5.97 Å². The Bertz CT molecular complexity index is 511. The summed E-state index contributed by atoms with van der Waals surface area (Å²) in [4.78, 5) is 11.6. The number of hydrogen-bond donors (Lipinski definition) is 1. The van der Waals surface area contributed by atoms with Crippen molar-refractivity contribution in [3.8, 4) is 0 Å². The number of fused-ring (bicyclic) bond motifs is 2. The first-order valence-corrected chi connectivity index (χ1v) is 7.73. The lowest BCUT2D eigenvalue weighted by Gasteiger charge is -2.36. The summed E-state index contributed by atoms with van der Waals surface area (Å²) in [5.41, 5.74) is 1.27. The number of carboxylic acid groups (broad SMARTS) is 1. The zero-order valence-corrected chi connectivity index (χ0v) is 12.3. The van der Waals surface area contributed by atoms with Crippen LogP contribution in [0.2, 0.25) is 0 Å². The molecule has 2 aliphatic carbocycles. The Morgan fingerprint density at radius 2 is 1.95 bits per heavy atom. The predicted molar refractivity (Wildman–Crippen MR) is 72.3 cm³/mol. The highest BCUT2D eigenvalue weighted by molar-refractivity contribution is 5.89. The Balaban J connectivity index is 1.72. The molecule has 4 rings (SSSR count). The molecule has 110 valence electrons. The quantitative estimate of drug-likeness (QED) is 0.788. The van der Waals surface area contributed by atoms with Crippen molar-refractivity contribution < 1.29 is 19.4 Å². The molecule has 0 amide bonds. The van der Waals surface area contributed by atoms with Crippen LogP contribution in [0.15, 0.2) is 11.1 Å². The Hall–Kier alpha value is -0.870. The first-order chi connectivity index (χ1) is 9.45. The highest BCUT2D eigenvalue weighted by atomic mass is 16.6. The zero-order valence-electron chi connectivity index (χ0n) is 12.3. The molecule has 2 heterocycles. The van der Waals surface area contributed by atoms with Crippen molar-refractivity contribution in [2.75, 3.05) is 0 Å². The van der Waals surface area contributed by atoms with Gasteiger partial charge in [-0.3, -0.25) is 0 Å². The molecule has 0 spiro atoms. The normalized spacial score (nSPS) is 53.1. The molecule has 2 aliphatic heterocycles. The lowest BCUT2D eigenvalue weighted by molar-refractivity contribution is -0.133. The maximum atomic E-state index is 11.6. The summed E-state index contributed by atoms with van der Waals surface area (Å²) in [6.07, 6.45) is 4.05. The van der Waals surface area contributed by atoms with Gasteiger partial charge in [0, 0.05) is 5.57 Å². The van der Waals surface area contributed by atoms with Gasteiger partial charge in [0.25, 0.3) is 0 Å². The number of epoxide rings is 2. The van der Waals surface area contributed by atoms with E-state index in [9.17, 15) is 9.90 Å². The van der Waals surface area contributed by atoms with Crippen LogP contribution in [-0.2, 0) is 14.3 Å². The SMILES string of the molecule is CC1=C(C(=O)O)C(C)CC2OC12C1CC2OC2CC1C. The summed E-state index contributed by atoms with van der Waals surface area (Å²) in [7, 11) is 0. The van der Waals surface area contributed by atoms with Crippen molar-refractivity contribution in [3.05, 3.63) is 11.1 Å². The van der Waals surface area contributed by atoms with E-state index in [2.05, 4.69) is 6.92 Å². The van der Waals surface area contributed by atoms with Crippen molar-refractivity contribution in [3.63, 3.8) is 0 Å². The molecule has 0 aromatic heterocycles. The van der Waals surface area contributed by atoms with Crippen molar-refractivity contribution in [1.29, 1.82) is 0 Å². The van der Waals surface area contributed by atoms with Crippen LogP contribution < -0.4 is 0 Å². The molecule has 4 aliphatic rings. The lowest BCUT2D eigenvalue weighted by atomic mass is 9.65. The third-order valence-corrected chi connectivity index (χ3v) is 6.06. The van der Waals surface area contributed by atoms with Crippen LogP contribution >= 0.6 is 0 Å². The van der Waals surface area contributed by atoms with Gasteiger partial charge in [0.2, 0.25) is 0 Å². The summed E-state index contributed by atoms with van der Waals surface area (Å²) in [5.74, 6) is 0.282. The van der Waals surface area contributed by atoms with Gasteiger partial charge < -0.3 is 14.6 Å². The fourth-order valence-corrected chi connectivity index (χ4v) is 4.95. The Morgan fingerprint density at radius 1 is 1.25 bits per heavy atom. The maximum Gasteiger partial charge on any atom is 0.331 e. The lowest BCUT2D eigenvalue weighted by Crippen LogP contribution is -2.41. The highest BCUT2D eigenvalue weighted by Crippen LogP contribution is 2.62. The molecule has 1 saturated carbocycles. The van der Waals surface area contributed by atoms with Crippen LogP contribution in [-0.4, -0.2) is 35.0 Å². The van der Waals surface area contributed by atoms with Gasteiger partial charge in [-0.15, -0.1) is 0 Å². The van der Waals surface area contributed by atoms with Crippen LogP contribution in [0.3, 0.4) is 0 Å². The van der Waals surface area contributed by atoms with E-state index in [0.29, 0.717) is 29.6 Å². The molecule has 4 nitrogen and oxygen atoms in total. The highest BCUT2D eigenvalue weighted by Gasteiger charge is 2.68. The molecular formula is C16H22O4. The van der Waals surface area contributed by atoms with Crippen LogP contribution in [0.25, 0.3) is 0 Å². The predicted octanol–water partition coefficient (Wildman–Crippen LogP) is 2.38. The molecule has 2 saturated heterocycles. The van der Waals surface area contributed by atoms with Gasteiger partial charge in [0.15, 0.2) is 0 Å². The fourth-order valence-electron chi connectivity index (χ4n) is 4.95. The van der Waals surface area contributed by atoms with Crippen LogP contribution in [0.5, 0.6) is 0 Å². The number of ether oxygens (including phenoxy) is 2. The average Bonchev–Trinajstić information content (AvgIpc) is 3.21.